The molecule has 2 unspecified atom stereocenters. The van der Waals surface area contributed by atoms with E-state index in [-0.39, 0.29) is 17.7 Å². The van der Waals surface area contributed by atoms with Crippen molar-refractivity contribution in [2.75, 3.05) is 6.54 Å². The van der Waals surface area contributed by atoms with Gasteiger partial charge in [-0.25, -0.2) is 0 Å². The van der Waals surface area contributed by atoms with Crippen LogP contribution in [-0.4, -0.2) is 23.5 Å². The van der Waals surface area contributed by atoms with Crippen molar-refractivity contribution in [2.45, 2.75) is 25.7 Å². The van der Waals surface area contributed by atoms with E-state index in [1.54, 1.807) is 12.1 Å². The minimum absolute atomic E-state index is 0.0295. The SMILES string of the molecule is O=C(NCC1CCCCC1C(=O)O)c1cc(Cl)ccc1Cl. The summed E-state index contributed by atoms with van der Waals surface area (Å²) in [5.74, 6) is -1.51. The summed E-state index contributed by atoms with van der Waals surface area (Å²) in [6.45, 7) is 0.346. The van der Waals surface area contributed by atoms with E-state index in [1.807, 2.05) is 0 Å². The first-order valence-corrected chi connectivity index (χ1v) is 7.70. The summed E-state index contributed by atoms with van der Waals surface area (Å²) < 4.78 is 0. The maximum Gasteiger partial charge on any atom is 0.306 e. The second-order valence-corrected chi connectivity index (χ2v) is 6.17. The van der Waals surface area contributed by atoms with Gasteiger partial charge in [0.25, 0.3) is 5.91 Å². The molecule has 21 heavy (non-hydrogen) atoms. The molecule has 0 bridgehead atoms. The van der Waals surface area contributed by atoms with Crippen LogP contribution in [0.15, 0.2) is 18.2 Å². The van der Waals surface area contributed by atoms with Crippen molar-refractivity contribution >= 4 is 35.1 Å². The van der Waals surface area contributed by atoms with Gasteiger partial charge in [-0.1, -0.05) is 36.0 Å². The van der Waals surface area contributed by atoms with E-state index in [4.69, 9.17) is 23.2 Å². The molecule has 1 aliphatic carbocycles. The van der Waals surface area contributed by atoms with Crippen LogP contribution < -0.4 is 5.32 Å². The zero-order valence-corrected chi connectivity index (χ0v) is 13.0. The quantitative estimate of drug-likeness (QED) is 0.886. The van der Waals surface area contributed by atoms with Crippen molar-refractivity contribution in [2.24, 2.45) is 11.8 Å². The van der Waals surface area contributed by atoms with Gasteiger partial charge in [0, 0.05) is 11.6 Å². The van der Waals surface area contributed by atoms with Crippen molar-refractivity contribution in [1.29, 1.82) is 0 Å². The molecule has 0 heterocycles. The first-order valence-electron chi connectivity index (χ1n) is 6.95. The molecule has 6 heteroatoms. The number of aliphatic carboxylic acids is 1. The van der Waals surface area contributed by atoms with Crippen LogP contribution in [-0.2, 0) is 4.79 Å². The Labute approximate surface area is 133 Å². The maximum absolute atomic E-state index is 12.1. The van der Waals surface area contributed by atoms with Gasteiger partial charge in [-0.15, -0.1) is 0 Å². The lowest BCUT2D eigenvalue weighted by atomic mass is 9.79. The number of carbonyl (C=O) groups excluding carboxylic acids is 1. The van der Waals surface area contributed by atoms with Crippen molar-refractivity contribution in [3.05, 3.63) is 33.8 Å². The van der Waals surface area contributed by atoms with Crippen molar-refractivity contribution in [1.82, 2.24) is 5.32 Å². The van der Waals surface area contributed by atoms with Gasteiger partial charge in [0.15, 0.2) is 0 Å². The molecule has 2 rings (SSSR count). The molecular formula is C15H17Cl2NO3. The lowest BCUT2D eigenvalue weighted by molar-refractivity contribution is -0.144. The second kappa shape index (κ2) is 7.14. The van der Waals surface area contributed by atoms with Crippen LogP contribution in [0.1, 0.15) is 36.0 Å². The number of hydrogen-bond acceptors (Lipinski definition) is 2. The summed E-state index contributed by atoms with van der Waals surface area (Å²) in [6, 6.07) is 4.69. The van der Waals surface area contributed by atoms with Crippen LogP contribution in [0.3, 0.4) is 0 Å². The number of halogens is 2. The van der Waals surface area contributed by atoms with Gasteiger partial charge in [-0.05, 0) is 37.0 Å². The molecule has 0 saturated heterocycles. The Kier molecular flexibility index (Phi) is 5.48. The molecule has 1 amide bonds. The molecule has 0 radical (unpaired) electrons. The summed E-state index contributed by atoms with van der Waals surface area (Å²) in [4.78, 5) is 23.4. The Balaban J connectivity index is 1.99. The van der Waals surface area contributed by atoms with Crippen LogP contribution >= 0.6 is 23.2 Å². The molecule has 1 aliphatic rings. The summed E-state index contributed by atoms with van der Waals surface area (Å²) in [6.07, 6.45) is 3.43. The maximum atomic E-state index is 12.1. The Hall–Kier alpha value is -1.26. The average Bonchev–Trinajstić information content (AvgIpc) is 2.47. The monoisotopic (exact) mass is 329 g/mol. The largest absolute Gasteiger partial charge is 0.481 e. The fourth-order valence-electron chi connectivity index (χ4n) is 2.77. The molecular weight excluding hydrogens is 313 g/mol. The van der Waals surface area contributed by atoms with Crippen LogP contribution in [0.25, 0.3) is 0 Å². The standard InChI is InChI=1S/C15H17Cl2NO3/c16-10-5-6-13(17)12(7-10)14(19)18-8-9-3-1-2-4-11(9)15(20)21/h5-7,9,11H,1-4,8H2,(H,18,19)(H,20,21). The summed E-state index contributed by atoms with van der Waals surface area (Å²) in [5, 5.41) is 12.8. The Morgan fingerprint density at radius 2 is 1.95 bits per heavy atom. The number of carboxylic acid groups (broad SMARTS) is 1. The van der Waals surface area contributed by atoms with Crippen LogP contribution in [0.5, 0.6) is 0 Å². The smallest absolute Gasteiger partial charge is 0.306 e. The van der Waals surface area contributed by atoms with Gasteiger partial charge < -0.3 is 10.4 Å². The van der Waals surface area contributed by atoms with E-state index < -0.39 is 5.97 Å². The molecule has 1 aromatic rings. The highest BCUT2D eigenvalue weighted by Gasteiger charge is 2.30. The van der Waals surface area contributed by atoms with Crippen LogP contribution in [0.2, 0.25) is 10.0 Å². The van der Waals surface area contributed by atoms with Crippen LogP contribution in [0, 0.1) is 11.8 Å². The second-order valence-electron chi connectivity index (χ2n) is 5.32. The lowest BCUT2D eigenvalue weighted by Crippen LogP contribution is -2.37. The van der Waals surface area contributed by atoms with E-state index in [9.17, 15) is 14.7 Å². The first kappa shape index (κ1) is 16.1. The van der Waals surface area contributed by atoms with Gasteiger partial charge in [-0.2, -0.15) is 0 Å². The molecule has 0 aromatic heterocycles. The Morgan fingerprint density at radius 3 is 2.67 bits per heavy atom. The molecule has 0 aliphatic heterocycles. The van der Waals surface area contributed by atoms with E-state index in [2.05, 4.69) is 5.32 Å². The predicted octanol–water partition coefficient (Wildman–Crippen LogP) is 3.61. The molecule has 4 nitrogen and oxygen atoms in total. The Morgan fingerprint density at radius 1 is 1.24 bits per heavy atom. The topological polar surface area (TPSA) is 66.4 Å². The number of benzene rings is 1. The van der Waals surface area contributed by atoms with Crippen molar-refractivity contribution in [3.8, 4) is 0 Å². The van der Waals surface area contributed by atoms with E-state index in [0.717, 1.165) is 19.3 Å². The number of rotatable bonds is 4. The molecule has 0 spiro atoms. The summed E-state index contributed by atoms with van der Waals surface area (Å²) in [5.41, 5.74) is 0.312. The van der Waals surface area contributed by atoms with Crippen LogP contribution in [0.4, 0.5) is 0 Å². The number of amides is 1. The minimum Gasteiger partial charge on any atom is -0.481 e. The summed E-state index contributed by atoms with van der Waals surface area (Å²) in [7, 11) is 0. The van der Waals surface area contributed by atoms with Crippen molar-refractivity contribution < 1.29 is 14.7 Å². The van der Waals surface area contributed by atoms with Gasteiger partial charge >= 0.3 is 5.97 Å². The summed E-state index contributed by atoms with van der Waals surface area (Å²) >= 11 is 11.8. The highest BCUT2D eigenvalue weighted by Crippen LogP contribution is 2.30. The number of carbonyl (C=O) groups is 2. The minimum atomic E-state index is -0.783. The lowest BCUT2D eigenvalue weighted by Gasteiger charge is -2.28. The highest BCUT2D eigenvalue weighted by atomic mass is 35.5. The molecule has 1 saturated carbocycles. The fourth-order valence-corrected chi connectivity index (χ4v) is 3.14. The average molecular weight is 330 g/mol. The van der Waals surface area contributed by atoms with Gasteiger partial charge in [0.05, 0.1) is 16.5 Å². The van der Waals surface area contributed by atoms with Gasteiger partial charge in [0.2, 0.25) is 0 Å². The van der Waals surface area contributed by atoms with Gasteiger partial charge in [0.1, 0.15) is 0 Å². The third-order valence-corrected chi connectivity index (χ3v) is 4.49. The number of nitrogens with one attached hydrogen (secondary N) is 1. The van der Waals surface area contributed by atoms with E-state index in [1.165, 1.54) is 6.07 Å². The fraction of sp³-hybridized carbons (Fsp3) is 0.467. The molecule has 2 N–H and O–H groups in total. The van der Waals surface area contributed by atoms with E-state index >= 15 is 0 Å². The predicted molar refractivity (Wildman–Crippen MR) is 81.9 cm³/mol. The highest BCUT2D eigenvalue weighted by molar-refractivity contribution is 6.35. The zero-order chi connectivity index (χ0) is 15.4. The van der Waals surface area contributed by atoms with E-state index in [0.29, 0.717) is 28.6 Å². The third kappa shape index (κ3) is 4.11. The van der Waals surface area contributed by atoms with Gasteiger partial charge in [-0.3, -0.25) is 9.59 Å². The molecule has 114 valence electrons. The zero-order valence-electron chi connectivity index (χ0n) is 11.4. The first-order chi connectivity index (χ1) is 9.99. The molecule has 2 atom stereocenters. The molecule has 1 fully saturated rings. The third-order valence-electron chi connectivity index (χ3n) is 3.92. The van der Waals surface area contributed by atoms with Crippen molar-refractivity contribution in [3.63, 3.8) is 0 Å². The molecule has 1 aromatic carbocycles. The number of carboxylic acids is 1. The Bertz CT molecular complexity index is 548. The normalized spacial score (nSPS) is 21.8. The number of hydrogen-bond donors (Lipinski definition) is 2.